The lowest BCUT2D eigenvalue weighted by Gasteiger charge is -2.21. The minimum Gasteiger partial charge on any atom is -0.478 e. The van der Waals surface area contributed by atoms with Gasteiger partial charge in [-0.05, 0) is 72.0 Å². The van der Waals surface area contributed by atoms with Crippen LogP contribution in [0.3, 0.4) is 0 Å². The van der Waals surface area contributed by atoms with Gasteiger partial charge in [0.05, 0.1) is 17.8 Å². The highest BCUT2D eigenvalue weighted by atomic mass is 16.4. The number of aromatic carboxylic acids is 1. The fraction of sp³-hybridized carbons (Fsp3) is 0.152. The summed E-state index contributed by atoms with van der Waals surface area (Å²) >= 11 is 0. The third-order valence-electron chi connectivity index (χ3n) is 7.35. The number of fused-ring (bicyclic) bond motifs is 1. The highest BCUT2D eigenvalue weighted by molar-refractivity contribution is 6.01. The van der Waals surface area contributed by atoms with Gasteiger partial charge in [0.1, 0.15) is 5.84 Å². The van der Waals surface area contributed by atoms with E-state index in [1.807, 2.05) is 67.7 Å². The van der Waals surface area contributed by atoms with E-state index in [0.717, 1.165) is 39.7 Å². The number of amidine groups is 1. The van der Waals surface area contributed by atoms with E-state index in [4.69, 9.17) is 11.1 Å². The Morgan fingerprint density at radius 2 is 1.80 bits per heavy atom. The standard InChI is InChI=1S/C33H31N5O3/c1-3-23(29-18-37-30-16-20(31(34)35)8-12-26(29)30)24-11-9-21(32(39)38-17-22-6-4-5-13-36-22)15-27(24)25-10-7-19(2)14-28(25)33(40)41/h4-16,18,23,37H,3,17H2,1-2H3,(H3,34,35)(H,38,39)(H,40,41). The van der Waals surface area contributed by atoms with Gasteiger partial charge in [0, 0.05) is 40.3 Å². The summed E-state index contributed by atoms with van der Waals surface area (Å²) in [4.78, 5) is 33.1. The van der Waals surface area contributed by atoms with Crippen molar-refractivity contribution in [2.24, 2.45) is 5.73 Å². The van der Waals surface area contributed by atoms with E-state index >= 15 is 0 Å². The zero-order chi connectivity index (χ0) is 29.1. The number of nitrogen functional groups attached to an aromatic ring is 1. The quantitative estimate of drug-likeness (QED) is 0.114. The molecule has 41 heavy (non-hydrogen) atoms. The Bertz CT molecular complexity index is 1780. The first-order valence-corrected chi connectivity index (χ1v) is 13.4. The zero-order valence-corrected chi connectivity index (χ0v) is 22.9. The van der Waals surface area contributed by atoms with Crippen molar-refractivity contribution in [1.82, 2.24) is 15.3 Å². The molecule has 5 rings (SSSR count). The number of rotatable bonds is 9. The molecule has 0 aliphatic heterocycles. The number of carbonyl (C=O) groups excluding carboxylic acids is 1. The normalized spacial score (nSPS) is 11.8. The highest BCUT2D eigenvalue weighted by Gasteiger charge is 2.24. The molecule has 5 aromatic rings. The molecular weight excluding hydrogens is 514 g/mol. The van der Waals surface area contributed by atoms with Crippen molar-refractivity contribution in [3.63, 3.8) is 0 Å². The fourth-order valence-corrected chi connectivity index (χ4v) is 5.29. The average molecular weight is 546 g/mol. The number of amides is 1. The van der Waals surface area contributed by atoms with Gasteiger partial charge in [-0.25, -0.2) is 4.79 Å². The number of aryl methyl sites for hydroxylation is 1. The van der Waals surface area contributed by atoms with Crippen LogP contribution in [0.1, 0.15) is 67.9 Å². The third kappa shape index (κ3) is 5.58. The van der Waals surface area contributed by atoms with Crippen molar-refractivity contribution < 1.29 is 14.7 Å². The SMILES string of the molecule is CCC(c1ccc(C(=O)NCc2ccccn2)cc1-c1ccc(C)cc1C(=O)O)c1c[nH]c2cc(C(=N)N)ccc12. The summed E-state index contributed by atoms with van der Waals surface area (Å²) in [5.74, 6) is -1.41. The lowest BCUT2D eigenvalue weighted by atomic mass is 9.82. The number of H-pyrrole nitrogens is 1. The number of carboxylic acid groups (broad SMARTS) is 1. The number of carboxylic acids is 1. The Morgan fingerprint density at radius 3 is 2.51 bits per heavy atom. The lowest BCUT2D eigenvalue weighted by Crippen LogP contribution is -2.23. The van der Waals surface area contributed by atoms with Crippen LogP contribution in [0.15, 0.2) is 85.2 Å². The lowest BCUT2D eigenvalue weighted by molar-refractivity contribution is 0.0697. The topological polar surface area (TPSA) is 145 Å². The molecule has 2 heterocycles. The summed E-state index contributed by atoms with van der Waals surface area (Å²) in [7, 11) is 0. The number of nitrogens with one attached hydrogen (secondary N) is 3. The second-order valence-corrected chi connectivity index (χ2v) is 10.0. The molecule has 8 heteroatoms. The van der Waals surface area contributed by atoms with Crippen LogP contribution in [-0.4, -0.2) is 32.8 Å². The molecule has 3 aromatic carbocycles. The fourth-order valence-electron chi connectivity index (χ4n) is 5.29. The second kappa shape index (κ2) is 11.5. The van der Waals surface area contributed by atoms with Gasteiger partial charge in [0.15, 0.2) is 0 Å². The minimum atomic E-state index is -1.03. The highest BCUT2D eigenvalue weighted by Crippen LogP contribution is 2.40. The number of aromatic nitrogens is 2. The molecule has 0 saturated carbocycles. The van der Waals surface area contributed by atoms with E-state index in [0.29, 0.717) is 22.3 Å². The Balaban J connectivity index is 1.63. The summed E-state index contributed by atoms with van der Waals surface area (Å²) in [5, 5.41) is 21.8. The van der Waals surface area contributed by atoms with Crippen LogP contribution in [-0.2, 0) is 6.54 Å². The molecule has 1 atom stereocenters. The molecule has 0 spiro atoms. The number of nitrogens with zero attached hydrogens (tertiary/aromatic N) is 1. The number of benzene rings is 3. The summed E-state index contributed by atoms with van der Waals surface area (Å²) < 4.78 is 0. The van der Waals surface area contributed by atoms with E-state index in [1.165, 1.54) is 0 Å². The molecule has 2 aromatic heterocycles. The monoisotopic (exact) mass is 545 g/mol. The number of nitrogens with two attached hydrogens (primary N) is 1. The molecule has 0 aliphatic rings. The molecule has 0 bridgehead atoms. The molecule has 0 saturated heterocycles. The van der Waals surface area contributed by atoms with Crippen LogP contribution in [0.25, 0.3) is 22.0 Å². The zero-order valence-electron chi connectivity index (χ0n) is 22.9. The first-order chi connectivity index (χ1) is 19.8. The van der Waals surface area contributed by atoms with E-state index < -0.39 is 5.97 Å². The number of hydrogen-bond donors (Lipinski definition) is 5. The molecule has 6 N–H and O–H groups in total. The van der Waals surface area contributed by atoms with Gasteiger partial charge in [-0.2, -0.15) is 0 Å². The van der Waals surface area contributed by atoms with Crippen LogP contribution in [0.5, 0.6) is 0 Å². The molecule has 206 valence electrons. The molecule has 0 aliphatic carbocycles. The van der Waals surface area contributed by atoms with E-state index in [1.54, 1.807) is 24.4 Å². The third-order valence-corrected chi connectivity index (χ3v) is 7.35. The number of pyridine rings is 1. The van der Waals surface area contributed by atoms with Crippen molar-refractivity contribution in [1.29, 1.82) is 5.41 Å². The van der Waals surface area contributed by atoms with Crippen LogP contribution < -0.4 is 11.1 Å². The van der Waals surface area contributed by atoms with Gasteiger partial charge in [-0.15, -0.1) is 0 Å². The number of hydrogen-bond acceptors (Lipinski definition) is 4. The molecular formula is C33H31N5O3. The van der Waals surface area contributed by atoms with Crippen LogP contribution in [0, 0.1) is 12.3 Å². The van der Waals surface area contributed by atoms with Crippen molar-refractivity contribution in [3.8, 4) is 11.1 Å². The summed E-state index contributed by atoms with van der Waals surface area (Å²) in [6, 6.07) is 22.0. The van der Waals surface area contributed by atoms with Gasteiger partial charge in [-0.3, -0.25) is 15.2 Å². The number of carbonyl (C=O) groups is 2. The van der Waals surface area contributed by atoms with E-state index in [9.17, 15) is 14.7 Å². The average Bonchev–Trinajstić information content (AvgIpc) is 3.40. The maximum absolute atomic E-state index is 13.2. The van der Waals surface area contributed by atoms with Crippen molar-refractivity contribution in [2.75, 3.05) is 0 Å². The van der Waals surface area contributed by atoms with Crippen molar-refractivity contribution >= 4 is 28.6 Å². The van der Waals surface area contributed by atoms with Crippen LogP contribution >= 0.6 is 0 Å². The maximum Gasteiger partial charge on any atom is 0.336 e. The Morgan fingerprint density at radius 1 is 1.00 bits per heavy atom. The minimum absolute atomic E-state index is 0.00476. The van der Waals surface area contributed by atoms with Crippen LogP contribution in [0.4, 0.5) is 0 Å². The molecule has 1 unspecified atom stereocenters. The molecule has 8 nitrogen and oxygen atoms in total. The van der Waals surface area contributed by atoms with E-state index in [2.05, 4.69) is 22.2 Å². The Hall–Kier alpha value is -5.24. The first-order valence-electron chi connectivity index (χ1n) is 13.4. The summed E-state index contributed by atoms with van der Waals surface area (Å²) in [6.07, 6.45) is 4.36. The van der Waals surface area contributed by atoms with Gasteiger partial charge in [-0.1, -0.05) is 48.9 Å². The van der Waals surface area contributed by atoms with Crippen molar-refractivity contribution in [3.05, 3.63) is 124 Å². The van der Waals surface area contributed by atoms with Crippen molar-refractivity contribution in [2.45, 2.75) is 32.7 Å². The predicted octanol–water partition coefficient (Wildman–Crippen LogP) is 5.99. The Kier molecular flexibility index (Phi) is 7.65. The summed E-state index contributed by atoms with van der Waals surface area (Å²) in [6.45, 7) is 4.21. The van der Waals surface area contributed by atoms with Crippen LogP contribution in [0.2, 0.25) is 0 Å². The number of aromatic amines is 1. The molecule has 1 amide bonds. The van der Waals surface area contributed by atoms with Gasteiger partial charge in [0.25, 0.3) is 5.91 Å². The predicted molar refractivity (Wildman–Crippen MR) is 160 cm³/mol. The molecule has 0 radical (unpaired) electrons. The van der Waals surface area contributed by atoms with Gasteiger partial charge in [0.2, 0.25) is 0 Å². The maximum atomic E-state index is 13.2. The second-order valence-electron chi connectivity index (χ2n) is 10.0. The largest absolute Gasteiger partial charge is 0.478 e. The smallest absolute Gasteiger partial charge is 0.336 e. The van der Waals surface area contributed by atoms with Gasteiger partial charge < -0.3 is 21.1 Å². The van der Waals surface area contributed by atoms with Gasteiger partial charge >= 0.3 is 5.97 Å². The van der Waals surface area contributed by atoms with E-state index in [-0.39, 0.29) is 29.8 Å². The molecule has 0 fully saturated rings. The first kappa shape index (κ1) is 27.3. The summed E-state index contributed by atoms with van der Waals surface area (Å²) in [5.41, 5.74) is 12.6. The Labute approximate surface area is 237 Å².